The van der Waals surface area contributed by atoms with Crippen LogP contribution in [0, 0.1) is 11.3 Å². The fourth-order valence-electron chi connectivity index (χ4n) is 0.772. The van der Waals surface area contributed by atoms with Gasteiger partial charge >= 0.3 is 0 Å². The van der Waals surface area contributed by atoms with Crippen LogP contribution >= 0.6 is 0 Å². The molecule has 0 spiro atoms. The molecule has 1 unspecified atom stereocenters. The molecular formula is C7H7FN2. The lowest BCUT2D eigenvalue weighted by molar-refractivity contribution is 0.432. The summed E-state index contributed by atoms with van der Waals surface area (Å²) < 4.78 is 12.0. The molecule has 1 rings (SSSR count). The van der Waals surface area contributed by atoms with Crippen LogP contribution in [0.15, 0.2) is 23.9 Å². The summed E-state index contributed by atoms with van der Waals surface area (Å²) in [5, 5.41) is 11.2. The minimum absolute atomic E-state index is 0.435. The normalized spacial score (nSPS) is 22.8. The Bertz CT molecular complexity index is 212. The van der Waals surface area contributed by atoms with Gasteiger partial charge in [0.2, 0.25) is 0 Å². The maximum atomic E-state index is 12.0. The number of dihydropyridines is 1. The topological polar surface area (TPSA) is 35.8 Å². The average molecular weight is 138 g/mol. The Morgan fingerprint density at radius 3 is 3.10 bits per heavy atom. The summed E-state index contributed by atoms with van der Waals surface area (Å²) in [6, 6.07) is 1.48. The second-order valence-corrected chi connectivity index (χ2v) is 1.97. The Hall–Kier alpha value is -1.30. The molecule has 1 aliphatic rings. The van der Waals surface area contributed by atoms with Crippen LogP contribution in [0.25, 0.3) is 0 Å². The zero-order valence-corrected chi connectivity index (χ0v) is 5.34. The molecule has 1 N–H and O–H groups in total. The lowest BCUT2D eigenvalue weighted by Crippen LogP contribution is -2.29. The van der Waals surface area contributed by atoms with Gasteiger partial charge in [0.15, 0.2) is 0 Å². The van der Waals surface area contributed by atoms with Gasteiger partial charge in [0.1, 0.15) is 6.67 Å². The Kier molecular flexibility index (Phi) is 2.06. The summed E-state index contributed by atoms with van der Waals surface area (Å²) >= 11 is 0. The van der Waals surface area contributed by atoms with E-state index in [-0.39, 0.29) is 0 Å². The molecule has 0 aromatic carbocycles. The second kappa shape index (κ2) is 3.02. The maximum absolute atomic E-state index is 12.0. The van der Waals surface area contributed by atoms with Crippen LogP contribution in [-0.4, -0.2) is 12.7 Å². The van der Waals surface area contributed by atoms with Crippen molar-refractivity contribution in [3.63, 3.8) is 0 Å². The predicted molar refractivity (Wildman–Crippen MR) is 35.7 cm³/mol. The van der Waals surface area contributed by atoms with Gasteiger partial charge in [-0.3, -0.25) is 0 Å². The number of allylic oxidation sites excluding steroid dienone is 2. The van der Waals surface area contributed by atoms with Crippen LogP contribution in [0.1, 0.15) is 0 Å². The van der Waals surface area contributed by atoms with Crippen molar-refractivity contribution in [3.05, 3.63) is 23.9 Å². The van der Waals surface area contributed by atoms with Crippen molar-refractivity contribution < 1.29 is 4.39 Å². The predicted octanol–water partition coefficient (Wildman–Crippen LogP) is 0.891. The van der Waals surface area contributed by atoms with Crippen LogP contribution in [0.5, 0.6) is 0 Å². The number of nitrogens with zero attached hydrogens (tertiary/aromatic N) is 1. The van der Waals surface area contributed by atoms with E-state index in [0.29, 0.717) is 5.57 Å². The number of nitriles is 1. The molecule has 1 aliphatic heterocycles. The molecule has 0 bridgehead atoms. The van der Waals surface area contributed by atoms with Gasteiger partial charge < -0.3 is 5.32 Å². The fraction of sp³-hybridized carbons (Fsp3) is 0.286. The van der Waals surface area contributed by atoms with E-state index in [4.69, 9.17) is 5.26 Å². The lowest BCUT2D eigenvalue weighted by atomic mass is 10.1. The first-order valence-electron chi connectivity index (χ1n) is 2.97. The standard InChI is InChI=1S/C7H7FN2/c8-4-7-6(5-9)2-1-3-10-7/h1-3,7,10H,4H2. The summed E-state index contributed by atoms with van der Waals surface area (Å²) in [6.45, 7) is -0.538. The molecule has 10 heavy (non-hydrogen) atoms. The average Bonchev–Trinajstić information content (AvgIpc) is 2.04. The zero-order chi connectivity index (χ0) is 7.40. The van der Waals surface area contributed by atoms with E-state index >= 15 is 0 Å². The molecule has 2 nitrogen and oxygen atoms in total. The maximum Gasteiger partial charge on any atom is 0.114 e. The zero-order valence-electron chi connectivity index (χ0n) is 5.34. The van der Waals surface area contributed by atoms with E-state index < -0.39 is 12.7 Å². The van der Waals surface area contributed by atoms with Crippen molar-refractivity contribution in [1.29, 1.82) is 5.26 Å². The smallest absolute Gasteiger partial charge is 0.114 e. The number of alkyl halides is 1. The third kappa shape index (κ3) is 1.16. The summed E-state index contributed by atoms with van der Waals surface area (Å²) in [5.74, 6) is 0. The third-order valence-corrected chi connectivity index (χ3v) is 1.33. The van der Waals surface area contributed by atoms with Gasteiger partial charge in [0.25, 0.3) is 0 Å². The highest BCUT2D eigenvalue weighted by Crippen LogP contribution is 2.05. The van der Waals surface area contributed by atoms with Crippen LogP contribution in [0.2, 0.25) is 0 Å². The molecule has 0 saturated carbocycles. The first-order chi connectivity index (χ1) is 4.88. The molecular weight excluding hydrogens is 131 g/mol. The third-order valence-electron chi connectivity index (χ3n) is 1.33. The first-order valence-corrected chi connectivity index (χ1v) is 2.97. The van der Waals surface area contributed by atoms with Gasteiger partial charge in [-0.05, 0) is 18.4 Å². The van der Waals surface area contributed by atoms with Gasteiger partial charge in [-0.15, -0.1) is 0 Å². The van der Waals surface area contributed by atoms with Gasteiger partial charge in [-0.1, -0.05) is 0 Å². The lowest BCUT2D eigenvalue weighted by Gasteiger charge is -2.14. The number of rotatable bonds is 1. The second-order valence-electron chi connectivity index (χ2n) is 1.97. The van der Waals surface area contributed by atoms with Gasteiger partial charge in [-0.2, -0.15) is 5.26 Å². The summed E-state index contributed by atoms with van der Waals surface area (Å²) in [5.41, 5.74) is 0.449. The number of hydrogen-bond acceptors (Lipinski definition) is 2. The minimum Gasteiger partial charge on any atom is -0.381 e. The van der Waals surface area contributed by atoms with Gasteiger partial charge in [-0.25, -0.2) is 4.39 Å². The molecule has 1 heterocycles. The Morgan fingerprint density at radius 2 is 2.60 bits per heavy atom. The molecule has 0 aliphatic carbocycles. The molecule has 0 aromatic rings. The van der Waals surface area contributed by atoms with Crippen LogP contribution in [0.3, 0.4) is 0 Å². The van der Waals surface area contributed by atoms with Crippen molar-refractivity contribution in [3.8, 4) is 6.07 Å². The number of hydrogen-bond donors (Lipinski definition) is 1. The van der Waals surface area contributed by atoms with E-state index in [9.17, 15) is 4.39 Å². The van der Waals surface area contributed by atoms with Gasteiger partial charge in [0, 0.05) is 0 Å². The quantitative estimate of drug-likeness (QED) is 0.584. The van der Waals surface area contributed by atoms with Crippen molar-refractivity contribution >= 4 is 0 Å². The molecule has 3 heteroatoms. The summed E-state index contributed by atoms with van der Waals surface area (Å²) in [4.78, 5) is 0. The molecule has 1 atom stereocenters. The Balaban J connectivity index is 2.73. The van der Waals surface area contributed by atoms with E-state index in [1.54, 1.807) is 18.4 Å². The molecule has 0 radical (unpaired) electrons. The minimum atomic E-state index is -0.538. The van der Waals surface area contributed by atoms with E-state index in [1.165, 1.54) is 0 Å². The number of nitrogens with one attached hydrogen (secondary N) is 1. The SMILES string of the molecule is N#CC1=CC=CNC1CF. The highest BCUT2D eigenvalue weighted by atomic mass is 19.1. The van der Waals surface area contributed by atoms with Crippen LogP contribution < -0.4 is 5.32 Å². The molecule has 52 valence electrons. The van der Waals surface area contributed by atoms with Crippen molar-refractivity contribution in [2.75, 3.05) is 6.67 Å². The highest BCUT2D eigenvalue weighted by Gasteiger charge is 2.12. The van der Waals surface area contributed by atoms with Gasteiger partial charge in [0.05, 0.1) is 17.7 Å². The largest absolute Gasteiger partial charge is 0.381 e. The fourth-order valence-corrected chi connectivity index (χ4v) is 0.772. The van der Waals surface area contributed by atoms with E-state index in [1.807, 2.05) is 6.07 Å². The molecule has 0 aromatic heterocycles. The van der Waals surface area contributed by atoms with Crippen molar-refractivity contribution in [2.24, 2.45) is 0 Å². The van der Waals surface area contributed by atoms with E-state index in [0.717, 1.165) is 0 Å². The molecule has 0 fully saturated rings. The Labute approximate surface area is 58.7 Å². The number of halogens is 1. The molecule has 0 saturated heterocycles. The van der Waals surface area contributed by atoms with Crippen LogP contribution in [-0.2, 0) is 0 Å². The van der Waals surface area contributed by atoms with E-state index in [2.05, 4.69) is 5.32 Å². The summed E-state index contributed by atoms with van der Waals surface area (Å²) in [7, 11) is 0. The summed E-state index contributed by atoms with van der Waals surface area (Å²) in [6.07, 6.45) is 4.93. The van der Waals surface area contributed by atoms with Crippen molar-refractivity contribution in [2.45, 2.75) is 6.04 Å². The van der Waals surface area contributed by atoms with Crippen LogP contribution in [0.4, 0.5) is 4.39 Å². The van der Waals surface area contributed by atoms with Crippen molar-refractivity contribution in [1.82, 2.24) is 5.32 Å². The monoisotopic (exact) mass is 138 g/mol. The highest BCUT2D eigenvalue weighted by molar-refractivity contribution is 5.33. The Morgan fingerprint density at radius 1 is 1.80 bits per heavy atom. The molecule has 0 amide bonds. The first kappa shape index (κ1) is 6.81.